The number of hydrogen-bond donors (Lipinski definition) is 0. The minimum atomic E-state index is 0.160. The number of allylic oxidation sites excluding steroid dienone is 1. The predicted molar refractivity (Wildman–Crippen MR) is 145 cm³/mol. The van der Waals surface area contributed by atoms with E-state index in [-0.39, 0.29) is 6.04 Å². The van der Waals surface area contributed by atoms with Crippen LogP contribution in [0.2, 0.25) is 0 Å². The van der Waals surface area contributed by atoms with Crippen LogP contribution >= 0.6 is 11.8 Å². The van der Waals surface area contributed by atoms with E-state index in [2.05, 4.69) is 115 Å². The second-order valence-electron chi connectivity index (χ2n) is 9.53. The Labute approximate surface area is 206 Å². The first-order valence-electron chi connectivity index (χ1n) is 12.0. The quantitative estimate of drug-likeness (QED) is 0.391. The van der Waals surface area contributed by atoms with Gasteiger partial charge in [0, 0.05) is 5.41 Å². The largest absolute Gasteiger partial charge is 0.308 e. The van der Waals surface area contributed by atoms with Crippen molar-refractivity contribution in [3.63, 3.8) is 0 Å². The number of nitrogens with zero attached hydrogens (tertiary/aromatic N) is 2. The molecule has 2 atom stereocenters. The molecule has 6 rings (SSSR count). The van der Waals surface area contributed by atoms with E-state index < -0.39 is 0 Å². The second kappa shape index (κ2) is 8.81. The highest BCUT2D eigenvalue weighted by atomic mass is 32.2. The Kier molecular flexibility index (Phi) is 5.50. The number of benzene rings is 3. The van der Waals surface area contributed by atoms with Crippen molar-refractivity contribution >= 4 is 28.7 Å². The first kappa shape index (κ1) is 21.2. The number of amidine groups is 1. The third-order valence-corrected chi connectivity index (χ3v) is 7.73. The summed E-state index contributed by atoms with van der Waals surface area (Å²) < 4.78 is 0. The first-order valence-corrected chi connectivity index (χ1v) is 12.9. The smallest absolute Gasteiger partial charge is 0.174 e. The van der Waals surface area contributed by atoms with Gasteiger partial charge in [0.2, 0.25) is 0 Å². The van der Waals surface area contributed by atoms with Crippen LogP contribution in [0.25, 0.3) is 11.8 Å². The molecule has 3 heteroatoms. The molecule has 0 saturated carbocycles. The molecule has 0 N–H and O–H groups in total. The van der Waals surface area contributed by atoms with E-state index in [9.17, 15) is 0 Å². The molecule has 34 heavy (non-hydrogen) atoms. The Morgan fingerprint density at radius 1 is 0.882 bits per heavy atom. The minimum Gasteiger partial charge on any atom is -0.308 e. The highest BCUT2D eigenvalue weighted by Crippen LogP contribution is 2.51. The maximum Gasteiger partial charge on any atom is 0.174 e. The van der Waals surface area contributed by atoms with Crippen LogP contribution in [0.1, 0.15) is 48.1 Å². The van der Waals surface area contributed by atoms with Crippen LogP contribution in [0.3, 0.4) is 0 Å². The summed E-state index contributed by atoms with van der Waals surface area (Å²) in [6.07, 6.45) is 4.48. The summed E-state index contributed by atoms with van der Waals surface area (Å²) in [5.41, 5.74) is 10.4. The van der Waals surface area contributed by atoms with Crippen LogP contribution in [0.4, 0.5) is 0 Å². The van der Waals surface area contributed by atoms with Crippen LogP contribution in [0.5, 0.6) is 0 Å². The molecule has 3 aromatic rings. The van der Waals surface area contributed by atoms with Gasteiger partial charge in [-0.2, -0.15) is 0 Å². The van der Waals surface area contributed by atoms with E-state index in [1.165, 1.54) is 44.8 Å². The lowest BCUT2D eigenvalue weighted by Crippen LogP contribution is -2.35. The number of rotatable bonds is 3. The summed E-state index contributed by atoms with van der Waals surface area (Å²) in [6, 6.07) is 30.7. The molecule has 2 nitrogen and oxygen atoms in total. The van der Waals surface area contributed by atoms with E-state index >= 15 is 0 Å². The fourth-order valence-corrected chi connectivity index (χ4v) is 6.24. The van der Waals surface area contributed by atoms with Crippen molar-refractivity contribution < 1.29 is 0 Å². The van der Waals surface area contributed by atoms with E-state index in [1.54, 1.807) is 11.8 Å². The van der Waals surface area contributed by atoms with Gasteiger partial charge in [-0.3, -0.25) is 0 Å². The molecule has 3 aliphatic rings. The average Bonchev–Trinajstić information content (AvgIpc) is 3.28. The molecular weight excluding hydrogens is 432 g/mol. The number of hydrogen-bond acceptors (Lipinski definition) is 3. The summed E-state index contributed by atoms with van der Waals surface area (Å²) in [6.45, 7) is 4.52. The Morgan fingerprint density at radius 3 is 2.32 bits per heavy atom. The standard InChI is InChI=1S/C31H28N2S/c1-21-13-15-24(16-14-21)28-20-34-31-32-29-26(19-23-9-5-3-6-10-23)17-22(2)18-27(29)30(33(28)31)25-11-7-4-8-12-25/h3-16,19-20,22,30H,17-18H2,1-2H3/b26-19-. The minimum absolute atomic E-state index is 0.160. The molecular formula is C31H28N2S. The molecule has 1 aliphatic carbocycles. The van der Waals surface area contributed by atoms with Crippen molar-refractivity contribution in [3.05, 3.63) is 129 Å². The molecule has 0 spiro atoms. The van der Waals surface area contributed by atoms with E-state index in [0.717, 1.165) is 18.0 Å². The Bertz CT molecular complexity index is 1330. The van der Waals surface area contributed by atoms with Crippen LogP contribution in [0, 0.1) is 12.8 Å². The van der Waals surface area contributed by atoms with Gasteiger partial charge in [0.25, 0.3) is 0 Å². The van der Waals surface area contributed by atoms with Crippen LogP contribution < -0.4 is 0 Å². The lowest BCUT2D eigenvalue weighted by Gasteiger charge is -2.41. The lowest BCUT2D eigenvalue weighted by atomic mass is 9.78. The van der Waals surface area contributed by atoms with Crippen LogP contribution in [0.15, 0.2) is 112 Å². The molecule has 0 aromatic heterocycles. The zero-order chi connectivity index (χ0) is 23.1. The lowest BCUT2D eigenvalue weighted by molar-refractivity contribution is 0.425. The molecule has 168 valence electrons. The van der Waals surface area contributed by atoms with Gasteiger partial charge in [-0.05, 0) is 59.6 Å². The monoisotopic (exact) mass is 460 g/mol. The zero-order valence-electron chi connectivity index (χ0n) is 19.6. The van der Waals surface area contributed by atoms with E-state index in [4.69, 9.17) is 4.99 Å². The Balaban J connectivity index is 1.51. The van der Waals surface area contributed by atoms with E-state index in [0.29, 0.717) is 5.92 Å². The van der Waals surface area contributed by atoms with Crippen molar-refractivity contribution in [2.24, 2.45) is 10.9 Å². The van der Waals surface area contributed by atoms with Gasteiger partial charge in [-0.1, -0.05) is 109 Å². The molecule has 0 bridgehead atoms. The van der Waals surface area contributed by atoms with Crippen molar-refractivity contribution in [2.75, 3.05) is 0 Å². The molecule has 3 aromatic carbocycles. The molecule has 0 radical (unpaired) electrons. The first-order chi connectivity index (χ1) is 16.7. The highest BCUT2D eigenvalue weighted by molar-refractivity contribution is 8.16. The number of aliphatic imine (C=N–C) groups is 1. The van der Waals surface area contributed by atoms with Gasteiger partial charge in [0.15, 0.2) is 5.17 Å². The SMILES string of the molecule is Cc1ccc(C2=CSC3=NC4=C(CC(C)C/C4=C/c4ccccc4)C(c4ccccc4)N23)cc1. The van der Waals surface area contributed by atoms with E-state index in [1.807, 2.05) is 0 Å². The fraction of sp³-hybridized carbons (Fsp3) is 0.194. The van der Waals surface area contributed by atoms with Gasteiger partial charge in [-0.15, -0.1) is 0 Å². The summed E-state index contributed by atoms with van der Waals surface area (Å²) in [5.74, 6) is 0.582. The summed E-state index contributed by atoms with van der Waals surface area (Å²) in [4.78, 5) is 7.79. The summed E-state index contributed by atoms with van der Waals surface area (Å²) in [7, 11) is 0. The van der Waals surface area contributed by atoms with Crippen molar-refractivity contribution in [1.82, 2.24) is 4.90 Å². The Hall–Kier alpha value is -3.30. The van der Waals surface area contributed by atoms with Crippen molar-refractivity contribution in [2.45, 2.75) is 32.7 Å². The van der Waals surface area contributed by atoms with Crippen molar-refractivity contribution in [1.29, 1.82) is 0 Å². The second-order valence-corrected chi connectivity index (χ2v) is 10.4. The molecule has 2 aliphatic heterocycles. The fourth-order valence-electron chi connectivity index (χ4n) is 5.31. The molecule has 2 heterocycles. The number of thioether (sulfide) groups is 1. The molecule has 0 saturated heterocycles. The Morgan fingerprint density at radius 2 is 1.59 bits per heavy atom. The van der Waals surface area contributed by atoms with Crippen LogP contribution in [-0.2, 0) is 0 Å². The van der Waals surface area contributed by atoms with Crippen molar-refractivity contribution in [3.8, 4) is 0 Å². The van der Waals surface area contributed by atoms with Gasteiger partial charge in [-0.25, -0.2) is 4.99 Å². The average molecular weight is 461 g/mol. The predicted octanol–water partition coefficient (Wildman–Crippen LogP) is 8.22. The maximum atomic E-state index is 5.31. The zero-order valence-corrected chi connectivity index (χ0v) is 20.4. The molecule has 2 unspecified atom stereocenters. The summed E-state index contributed by atoms with van der Waals surface area (Å²) in [5, 5.41) is 3.36. The molecule has 0 fully saturated rings. The topological polar surface area (TPSA) is 15.6 Å². The van der Waals surface area contributed by atoms with Gasteiger partial charge < -0.3 is 4.90 Å². The molecule has 0 amide bonds. The van der Waals surface area contributed by atoms with Crippen LogP contribution in [-0.4, -0.2) is 10.1 Å². The van der Waals surface area contributed by atoms with Gasteiger partial charge >= 0.3 is 0 Å². The highest BCUT2D eigenvalue weighted by Gasteiger charge is 2.41. The normalized spacial score (nSPS) is 22.9. The van der Waals surface area contributed by atoms with Gasteiger partial charge in [0.05, 0.1) is 17.4 Å². The maximum absolute atomic E-state index is 5.31. The summed E-state index contributed by atoms with van der Waals surface area (Å²) >= 11 is 1.75. The van der Waals surface area contributed by atoms with Gasteiger partial charge in [0.1, 0.15) is 0 Å². The third kappa shape index (κ3) is 3.84. The number of fused-ring (bicyclic) bond motifs is 1. The number of aryl methyl sites for hydroxylation is 1. The third-order valence-electron chi connectivity index (χ3n) is 6.89.